The minimum absolute atomic E-state index is 0.0436. The number of aliphatic carboxylic acids is 1. The van der Waals surface area contributed by atoms with Gasteiger partial charge in [0.2, 0.25) is 0 Å². The summed E-state index contributed by atoms with van der Waals surface area (Å²) in [5, 5.41) is 12.1. The normalized spacial score (nSPS) is 34.6. The molecule has 0 saturated carbocycles. The summed E-state index contributed by atoms with van der Waals surface area (Å²) in [6, 6.07) is -0.146. The number of nitrogens with one attached hydrogen (secondary N) is 1. The number of ether oxygens (including phenoxy) is 1. The van der Waals surface area contributed by atoms with E-state index in [1.807, 2.05) is 13.8 Å². The summed E-state index contributed by atoms with van der Waals surface area (Å²) < 4.78 is 5.44. The number of carbonyl (C=O) groups excluding carboxylic acids is 1. The standard InChI is InChI=1S/C14H24N2O4/c1-10-8-11(12(17)18)4-6-16(10)13(19)15-14(2)5-3-7-20-9-14/h10-11H,3-9H2,1-2H3,(H,15,19)(H,17,18). The number of hydrogen-bond acceptors (Lipinski definition) is 3. The third-order valence-corrected chi connectivity index (χ3v) is 4.33. The van der Waals surface area contributed by atoms with Crippen molar-refractivity contribution in [2.24, 2.45) is 5.92 Å². The van der Waals surface area contributed by atoms with Gasteiger partial charge in [-0.1, -0.05) is 0 Å². The average Bonchev–Trinajstić information content (AvgIpc) is 2.38. The van der Waals surface area contributed by atoms with Crippen molar-refractivity contribution in [3.05, 3.63) is 0 Å². The first-order chi connectivity index (χ1) is 9.41. The highest BCUT2D eigenvalue weighted by atomic mass is 16.5. The molecule has 2 saturated heterocycles. The molecule has 0 aromatic heterocycles. The Morgan fingerprint density at radius 2 is 2.20 bits per heavy atom. The van der Waals surface area contributed by atoms with Crippen LogP contribution in [0.1, 0.15) is 39.5 Å². The molecule has 2 rings (SSSR count). The van der Waals surface area contributed by atoms with E-state index in [1.165, 1.54) is 0 Å². The maximum absolute atomic E-state index is 12.4. The van der Waals surface area contributed by atoms with Crippen LogP contribution in [0.5, 0.6) is 0 Å². The molecule has 2 aliphatic rings. The third kappa shape index (κ3) is 3.42. The van der Waals surface area contributed by atoms with E-state index in [0.29, 0.717) is 26.0 Å². The molecule has 0 aromatic rings. The van der Waals surface area contributed by atoms with Crippen LogP contribution in [0.25, 0.3) is 0 Å². The highest BCUT2D eigenvalue weighted by Crippen LogP contribution is 2.24. The molecule has 0 radical (unpaired) electrons. The SMILES string of the molecule is CC1CC(C(=O)O)CCN1C(=O)NC1(C)CCCOC1. The van der Waals surface area contributed by atoms with E-state index in [1.54, 1.807) is 4.90 Å². The number of rotatable bonds is 2. The zero-order chi connectivity index (χ0) is 14.8. The maximum atomic E-state index is 12.4. The molecule has 0 aromatic carbocycles. The maximum Gasteiger partial charge on any atom is 0.318 e. The van der Waals surface area contributed by atoms with Gasteiger partial charge in [0.15, 0.2) is 0 Å². The smallest absolute Gasteiger partial charge is 0.318 e. The number of carboxylic acids is 1. The van der Waals surface area contributed by atoms with Crippen molar-refractivity contribution >= 4 is 12.0 Å². The summed E-state index contributed by atoms with van der Waals surface area (Å²) in [6.07, 6.45) is 2.92. The number of hydrogen-bond donors (Lipinski definition) is 2. The molecule has 3 atom stereocenters. The van der Waals surface area contributed by atoms with Crippen LogP contribution in [0.4, 0.5) is 4.79 Å². The summed E-state index contributed by atoms with van der Waals surface area (Å²) in [4.78, 5) is 25.1. The molecule has 0 spiro atoms. The Labute approximate surface area is 119 Å². The molecule has 3 unspecified atom stereocenters. The Morgan fingerprint density at radius 1 is 1.45 bits per heavy atom. The van der Waals surface area contributed by atoms with Crippen molar-refractivity contribution in [1.29, 1.82) is 0 Å². The van der Waals surface area contributed by atoms with Crippen LogP contribution in [0.15, 0.2) is 0 Å². The number of amides is 2. The average molecular weight is 284 g/mol. The van der Waals surface area contributed by atoms with Gasteiger partial charge < -0.3 is 20.1 Å². The van der Waals surface area contributed by atoms with Gasteiger partial charge >= 0.3 is 12.0 Å². The molecule has 2 heterocycles. The zero-order valence-electron chi connectivity index (χ0n) is 12.2. The Balaban J connectivity index is 1.91. The van der Waals surface area contributed by atoms with Crippen molar-refractivity contribution in [2.45, 2.75) is 51.1 Å². The van der Waals surface area contributed by atoms with E-state index in [4.69, 9.17) is 9.84 Å². The van der Waals surface area contributed by atoms with Gasteiger partial charge in [-0.05, 0) is 39.5 Å². The number of likely N-dealkylation sites (tertiary alicyclic amines) is 1. The molecule has 114 valence electrons. The molecule has 2 aliphatic heterocycles. The molecule has 6 heteroatoms. The van der Waals surface area contributed by atoms with Crippen molar-refractivity contribution in [1.82, 2.24) is 10.2 Å². The predicted molar refractivity (Wildman–Crippen MR) is 73.5 cm³/mol. The number of piperidine rings is 1. The quantitative estimate of drug-likeness (QED) is 0.804. The van der Waals surface area contributed by atoms with E-state index in [2.05, 4.69) is 5.32 Å². The Bertz CT molecular complexity index is 379. The molecular formula is C14H24N2O4. The lowest BCUT2D eigenvalue weighted by molar-refractivity contribution is -0.143. The topological polar surface area (TPSA) is 78.9 Å². The molecule has 20 heavy (non-hydrogen) atoms. The van der Waals surface area contributed by atoms with Gasteiger partial charge in [0, 0.05) is 19.2 Å². The summed E-state index contributed by atoms with van der Waals surface area (Å²) >= 11 is 0. The second kappa shape index (κ2) is 5.99. The summed E-state index contributed by atoms with van der Waals surface area (Å²) in [6.45, 7) is 5.71. The minimum Gasteiger partial charge on any atom is -0.481 e. The molecule has 2 fully saturated rings. The highest BCUT2D eigenvalue weighted by molar-refractivity contribution is 5.76. The second-order valence-electron chi connectivity index (χ2n) is 6.25. The van der Waals surface area contributed by atoms with Crippen LogP contribution < -0.4 is 5.32 Å². The molecular weight excluding hydrogens is 260 g/mol. The lowest BCUT2D eigenvalue weighted by atomic mass is 9.91. The largest absolute Gasteiger partial charge is 0.481 e. The van der Waals surface area contributed by atoms with Crippen molar-refractivity contribution in [3.8, 4) is 0 Å². The van der Waals surface area contributed by atoms with Crippen LogP contribution in [0.2, 0.25) is 0 Å². The summed E-state index contributed by atoms with van der Waals surface area (Å²) in [5.41, 5.74) is -0.307. The fourth-order valence-electron chi connectivity index (χ4n) is 3.06. The van der Waals surface area contributed by atoms with Gasteiger partial charge in [-0.3, -0.25) is 4.79 Å². The van der Waals surface area contributed by atoms with E-state index in [0.717, 1.165) is 19.4 Å². The number of carbonyl (C=O) groups is 2. The molecule has 0 bridgehead atoms. The number of carboxylic acid groups (broad SMARTS) is 1. The van der Waals surface area contributed by atoms with Gasteiger partial charge in [-0.25, -0.2) is 4.79 Å². The molecule has 6 nitrogen and oxygen atoms in total. The highest BCUT2D eigenvalue weighted by Gasteiger charge is 2.36. The molecule has 2 N–H and O–H groups in total. The minimum atomic E-state index is -0.760. The first kappa shape index (κ1) is 15.1. The van der Waals surface area contributed by atoms with Crippen molar-refractivity contribution in [3.63, 3.8) is 0 Å². The number of urea groups is 1. The van der Waals surface area contributed by atoms with Gasteiger partial charge in [0.1, 0.15) is 0 Å². The molecule has 2 amide bonds. The van der Waals surface area contributed by atoms with Crippen LogP contribution in [-0.4, -0.2) is 53.3 Å². The Morgan fingerprint density at radius 3 is 2.75 bits per heavy atom. The van der Waals surface area contributed by atoms with Crippen molar-refractivity contribution in [2.75, 3.05) is 19.8 Å². The van der Waals surface area contributed by atoms with Gasteiger partial charge in [-0.2, -0.15) is 0 Å². The zero-order valence-corrected chi connectivity index (χ0v) is 12.2. The molecule has 0 aliphatic carbocycles. The van der Waals surface area contributed by atoms with Gasteiger partial charge in [0.05, 0.1) is 18.1 Å². The second-order valence-corrected chi connectivity index (χ2v) is 6.25. The fraction of sp³-hybridized carbons (Fsp3) is 0.857. The van der Waals surface area contributed by atoms with Crippen LogP contribution in [-0.2, 0) is 9.53 Å². The predicted octanol–water partition coefficient (Wildman–Crippen LogP) is 1.45. The van der Waals surface area contributed by atoms with E-state index in [-0.39, 0.29) is 23.5 Å². The van der Waals surface area contributed by atoms with E-state index < -0.39 is 5.97 Å². The number of nitrogens with zero attached hydrogens (tertiary/aromatic N) is 1. The Hall–Kier alpha value is -1.30. The lowest BCUT2D eigenvalue weighted by Gasteiger charge is -2.40. The lowest BCUT2D eigenvalue weighted by Crippen LogP contribution is -2.58. The summed E-state index contributed by atoms with van der Waals surface area (Å²) in [7, 11) is 0. The Kier molecular flexibility index (Phi) is 4.52. The van der Waals surface area contributed by atoms with Gasteiger partial charge in [-0.15, -0.1) is 0 Å². The first-order valence-electron chi connectivity index (χ1n) is 7.31. The van der Waals surface area contributed by atoms with Crippen molar-refractivity contribution < 1.29 is 19.4 Å². The van der Waals surface area contributed by atoms with Gasteiger partial charge in [0.25, 0.3) is 0 Å². The fourth-order valence-corrected chi connectivity index (χ4v) is 3.06. The monoisotopic (exact) mass is 284 g/mol. The first-order valence-corrected chi connectivity index (χ1v) is 7.31. The van der Waals surface area contributed by atoms with Crippen LogP contribution >= 0.6 is 0 Å². The van der Waals surface area contributed by atoms with E-state index >= 15 is 0 Å². The summed E-state index contributed by atoms with van der Waals surface area (Å²) in [5.74, 6) is -1.09. The van der Waals surface area contributed by atoms with E-state index in [9.17, 15) is 9.59 Å². The van der Waals surface area contributed by atoms with Crippen LogP contribution in [0, 0.1) is 5.92 Å². The van der Waals surface area contributed by atoms with Crippen LogP contribution in [0.3, 0.4) is 0 Å². The third-order valence-electron chi connectivity index (χ3n) is 4.33.